The number of nitrogens with one attached hydrogen (secondary N) is 1. The monoisotopic (exact) mass is 428 g/mol. The Morgan fingerprint density at radius 2 is 1.80 bits per heavy atom. The number of non-ortho nitro benzene ring substituents is 1. The van der Waals surface area contributed by atoms with Gasteiger partial charge in [0.2, 0.25) is 0 Å². The van der Waals surface area contributed by atoms with Crippen LogP contribution in [0.5, 0.6) is 0 Å². The molecule has 2 fully saturated rings. The molecule has 0 bridgehead atoms. The predicted molar refractivity (Wildman–Crippen MR) is 112 cm³/mol. The summed E-state index contributed by atoms with van der Waals surface area (Å²) in [5.74, 6) is -0.554. The standard InChI is InChI=1S/C20H17ClN4O5/c21-14-1-3-15(4-2-14)24-19(26)17(22-20(24)27)12-13-11-16(25(28)29)5-6-18(13)23-7-9-30-10-8-23/h1-6,11-12H,7-10H2,(H,22,27)/b17-12-. The van der Waals surface area contributed by atoms with Crippen LogP contribution in [0.4, 0.5) is 21.9 Å². The second kappa shape index (κ2) is 8.13. The average molecular weight is 429 g/mol. The topological polar surface area (TPSA) is 105 Å². The summed E-state index contributed by atoms with van der Waals surface area (Å²) in [6, 6.07) is 10.1. The number of halogens is 1. The van der Waals surface area contributed by atoms with E-state index < -0.39 is 16.9 Å². The lowest BCUT2D eigenvalue weighted by atomic mass is 10.1. The lowest BCUT2D eigenvalue weighted by molar-refractivity contribution is -0.384. The van der Waals surface area contributed by atoms with Crippen LogP contribution in [0.15, 0.2) is 48.2 Å². The number of rotatable bonds is 4. The molecule has 2 aliphatic heterocycles. The molecule has 0 aliphatic carbocycles. The Hall–Kier alpha value is -3.43. The number of ether oxygens (including phenoxy) is 1. The number of carbonyl (C=O) groups excluding carboxylic acids is 2. The van der Waals surface area contributed by atoms with Gasteiger partial charge < -0.3 is 15.0 Å². The van der Waals surface area contributed by atoms with Crippen molar-refractivity contribution in [3.8, 4) is 0 Å². The van der Waals surface area contributed by atoms with Crippen LogP contribution in [0.25, 0.3) is 6.08 Å². The molecule has 2 aliphatic rings. The number of anilines is 2. The summed E-state index contributed by atoms with van der Waals surface area (Å²) < 4.78 is 5.37. The minimum absolute atomic E-state index is 0.0324. The maximum absolute atomic E-state index is 12.9. The molecule has 0 atom stereocenters. The third-order valence-corrected chi connectivity index (χ3v) is 5.09. The summed E-state index contributed by atoms with van der Waals surface area (Å²) in [4.78, 5) is 39.1. The highest BCUT2D eigenvalue weighted by Gasteiger charge is 2.35. The molecule has 0 spiro atoms. The van der Waals surface area contributed by atoms with Gasteiger partial charge in [-0.05, 0) is 36.4 Å². The normalized spacial score (nSPS) is 18.1. The van der Waals surface area contributed by atoms with E-state index in [4.69, 9.17) is 16.3 Å². The number of amides is 3. The minimum atomic E-state index is -0.605. The van der Waals surface area contributed by atoms with E-state index >= 15 is 0 Å². The Morgan fingerprint density at radius 1 is 1.10 bits per heavy atom. The molecule has 0 unspecified atom stereocenters. The van der Waals surface area contributed by atoms with Crippen molar-refractivity contribution < 1.29 is 19.2 Å². The van der Waals surface area contributed by atoms with Gasteiger partial charge in [-0.3, -0.25) is 14.9 Å². The van der Waals surface area contributed by atoms with Crippen molar-refractivity contribution in [1.82, 2.24) is 5.32 Å². The van der Waals surface area contributed by atoms with Gasteiger partial charge in [0.1, 0.15) is 5.70 Å². The fraction of sp³-hybridized carbons (Fsp3) is 0.200. The first kappa shape index (κ1) is 19.9. The molecule has 0 aromatic heterocycles. The van der Waals surface area contributed by atoms with Crippen molar-refractivity contribution in [3.63, 3.8) is 0 Å². The summed E-state index contributed by atoms with van der Waals surface area (Å²) in [6.07, 6.45) is 1.47. The zero-order chi connectivity index (χ0) is 21.3. The van der Waals surface area contributed by atoms with E-state index in [1.807, 2.05) is 4.90 Å². The largest absolute Gasteiger partial charge is 0.378 e. The highest BCUT2D eigenvalue weighted by molar-refractivity contribution is 6.31. The number of nitrogens with zero attached hydrogens (tertiary/aromatic N) is 3. The molecule has 0 saturated carbocycles. The van der Waals surface area contributed by atoms with Crippen molar-refractivity contribution in [3.05, 3.63) is 68.9 Å². The number of hydrogen-bond acceptors (Lipinski definition) is 6. The van der Waals surface area contributed by atoms with Gasteiger partial charge in [0, 0.05) is 41.5 Å². The second-order valence-electron chi connectivity index (χ2n) is 6.70. The molecule has 3 amide bonds. The number of nitro benzene ring substituents is 1. The van der Waals surface area contributed by atoms with Crippen LogP contribution in [0.3, 0.4) is 0 Å². The molecular formula is C20H17ClN4O5. The minimum Gasteiger partial charge on any atom is -0.378 e. The van der Waals surface area contributed by atoms with E-state index in [1.165, 1.54) is 18.2 Å². The fourth-order valence-electron chi connectivity index (χ4n) is 3.38. The highest BCUT2D eigenvalue weighted by atomic mass is 35.5. The Morgan fingerprint density at radius 3 is 2.47 bits per heavy atom. The zero-order valence-corrected chi connectivity index (χ0v) is 16.5. The molecular weight excluding hydrogens is 412 g/mol. The van der Waals surface area contributed by atoms with Crippen LogP contribution >= 0.6 is 11.6 Å². The van der Waals surface area contributed by atoms with Gasteiger partial charge in [0.25, 0.3) is 11.6 Å². The summed E-state index contributed by atoms with van der Waals surface area (Å²) in [5, 5.41) is 14.3. The maximum Gasteiger partial charge on any atom is 0.333 e. The SMILES string of the molecule is O=C1N/C(=C\c2cc([N+](=O)[O-])ccc2N2CCOCC2)C(=O)N1c1ccc(Cl)cc1. The second-order valence-corrected chi connectivity index (χ2v) is 7.14. The first-order valence-electron chi connectivity index (χ1n) is 9.18. The van der Waals surface area contributed by atoms with E-state index in [0.717, 1.165) is 10.6 Å². The molecule has 2 aromatic rings. The first-order valence-corrected chi connectivity index (χ1v) is 9.55. The lowest BCUT2D eigenvalue weighted by Gasteiger charge is -2.30. The van der Waals surface area contributed by atoms with Gasteiger partial charge in [0.05, 0.1) is 23.8 Å². The van der Waals surface area contributed by atoms with Crippen LogP contribution in [0.1, 0.15) is 5.56 Å². The van der Waals surface area contributed by atoms with Crippen molar-refractivity contribution in [1.29, 1.82) is 0 Å². The Labute approximate surface area is 176 Å². The first-order chi connectivity index (χ1) is 14.4. The van der Waals surface area contributed by atoms with Crippen LogP contribution in [0, 0.1) is 10.1 Å². The summed E-state index contributed by atoms with van der Waals surface area (Å²) in [7, 11) is 0. The van der Waals surface area contributed by atoms with Crippen molar-refractivity contribution in [2.75, 3.05) is 36.1 Å². The quantitative estimate of drug-likeness (QED) is 0.347. The van der Waals surface area contributed by atoms with Crippen LogP contribution in [-0.4, -0.2) is 43.2 Å². The van der Waals surface area contributed by atoms with Crippen LogP contribution < -0.4 is 15.1 Å². The summed E-state index contributed by atoms with van der Waals surface area (Å²) in [5.41, 5.74) is 1.49. The van der Waals surface area contributed by atoms with Gasteiger partial charge in [0.15, 0.2) is 0 Å². The van der Waals surface area contributed by atoms with E-state index in [2.05, 4.69) is 5.32 Å². The lowest BCUT2D eigenvalue weighted by Crippen LogP contribution is -2.36. The number of nitro groups is 1. The number of morpholine rings is 1. The van der Waals surface area contributed by atoms with E-state index in [-0.39, 0.29) is 11.4 Å². The smallest absolute Gasteiger partial charge is 0.333 e. The molecule has 154 valence electrons. The third kappa shape index (κ3) is 3.85. The number of urea groups is 1. The molecule has 1 N–H and O–H groups in total. The number of benzene rings is 2. The zero-order valence-electron chi connectivity index (χ0n) is 15.7. The molecule has 2 saturated heterocycles. The van der Waals surface area contributed by atoms with Crippen molar-refractivity contribution >= 4 is 46.7 Å². The molecule has 30 heavy (non-hydrogen) atoms. The maximum atomic E-state index is 12.9. The van der Waals surface area contributed by atoms with Crippen molar-refractivity contribution in [2.24, 2.45) is 0 Å². The molecule has 2 heterocycles. The molecule has 10 heteroatoms. The fourth-order valence-corrected chi connectivity index (χ4v) is 3.50. The van der Waals surface area contributed by atoms with Gasteiger partial charge >= 0.3 is 6.03 Å². The molecule has 0 radical (unpaired) electrons. The number of carbonyl (C=O) groups is 2. The third-order valence-electron chi connectivity index (χ3n) is 4.84. The molecule has 9 nitrogen and oxygen atoms in total. The summed E-state index contributed by atoms with van der Waals surface area (Å²) >= 11 is 5.87. The van der Waals surface area contributed by atoms with Gasteiger partial charge in [-0.2, -0.15) is 0 Å². The van der Waals surface area contributed by atoms with Crippen LogP contribution in [0.2, 0.25) is 5.02 Å². The van der Waals surface area contributed by atoms with Gasteiger partial charge in [-0.25, -0.2) is 9.69 Å². The van der Waals surface area contributed by atoms with E-state index in [1.54, 1.807) is 30.3 Å². The number of hydrogen-bond donors (Lipinski definition) is 1. The Kier molecular flexibility index (Phi) is 5.39. The van der Waals surface area contributed by atoms with E-state index in [0.29, 0.717) is 42.6 Å². The Balaban J connectivity index is 1.71. The van der Waals surface area contributed by atoms with Gasteiger partial charge in [-0.15, -0.1) is 0 Å². The number of imide groups is 1. The average Bonchev–Trinajstić information content (AvgIpc) is 3.02. The summed E-state index contributed by atoms with van der Waals surface area (Å²) in [6.45, 7) is 2.30. The van der Waals surface area contributed by atoms with E-state index in [9.17, 15) is 19.7 Å². The molecule has 2 aromatic carbocycles. The molecule has 4 rings (SSSR count). The Bertz CT molecular complexity index is 1050. The predicted octanol–water partition coefficient (Wildman–Crippen LogP) is 3.18. The van der Waals surface area contributed by atoms with Crippen molar-refractivity contribution in [2.45, 2.75) is 0 Å². The van der Waals surface area contributed by atoms with Gasteiger partial charge in [-0.1, -0.05) is 11.6 Å². The van der Waals surface area contributed by atoms with Crippen LogP contribution in [-0.2, 0) is 9.53 Å². The highest BCUT2D eigenvalue weighted by Crippen LogP contribution is 2.30.